The molecule has 1 aromatic heterocycles. The minimum Gasteiger partial charge on any atom is -0.389 e. The predicted molar refractivity (Wildman–Crippen MR) is 44.3 cm³/mol. The Morgan fingerprint density at radius 2 is 1.73 bits per heavy atom. The minimum absolute atomic E-state index is 0.391. The van der Waals surface area contributed by atoms with E-state index in [1.54, 1.807) is 19.3 Å². The summed E-state index contributed by atoms with van der Waals surface area (Å²) in [5.74, 6) is 0. The fourth-order valence-corrected chi connectivity index (χ4v) is 1.37. The molecule has 0 saturated heterocycles. The van der Waals surface area contributed by atoms with E-state index < -0.39 is 6.10 Å². The molecule has 60 valence electrons. The van der Waals surface area contributed by atoms with Crippen molar-refractivity contribution in [2.45, 2.75) is 26.9 Å². The highest BCUT2D eigenvalue weighted by atomic mass is 16.3. The van der Waals surface area contributed by atoms with E-state index in [0.29, 0.717) is 0 Å². The molecule has 0 amide bonds. The van der Waals surface area contributed by atoms with E-state index in [-0.39, 0.29) is 0 Å². The standard InChI is InChI=1S/C9H13NO/c1-6-4-10-5-7(2)9(6)8(3)11/h4-5,8,11H,1-3H3. The SMILES string of the molecule is Cc1cncc(C)c1C(C)O. The Hall–Kier alpha value is -0.890. The average Bonchev–Trinajstić information content (AvgIpc) is 1.85. The molecule has 0 aromatic carbocycles. The third-order valence-electron chi connectivity index (χ3n) is 1.80. The number of hydrogen-bond acceptors (Lipinski definition) is 2. The zero-order chi connectivity index (χ0) is 8.43. The van der Waals surface area contributed by atoms with Gasteiger partial charge in [0.15, 0.2) is 0 Å². The maximum atomic E-state index is 9.36. The molecule has 0 aliphatic heterocycles. The lowest BCUT2D eigenvalue weighted by molar-refractivity contribution is 0.197. The van der Waals surface area contributed by atoms with E-state index >= 15 is 0 Å². The van der Waals surface area contributed by atoms with Gasteiger partial charge in [0.1, 0.15) is 0 Å². The molecule has 0 bridgehead atoms. The van der Waals surface area contributed by atoms with E-state index in [2.05, 4.69) is 4.98 Å². The van der Waals surface area contributed by atoms with Gasteiger partial charge in [0.05, 0.1) is 6.10 Å². The molecular weight excluding hydrogens is 138 g/mol. The van der Waals surface area contributed by atoms with Crippen LogP contribution >= 0.6 is 0 Å². The van der Waals surface area contributed by atoms with Gasteiger partial charge in [-0.2, -0.15) is 0 Å². The summed E-state index contributed by atoms with van der Waals surface area (Å²) in [6.07, 6.45) is 3.15. The van der Waals surface area contributed by atoms with Crippen molar-refractivity contribution < 1.29 is 5.11 Å². The predicted octanol–water partition coefficient (Wildman–Crippen LogP) is 1.75. The molecule has 1 atom stereocenters. The molecule has 1 heterocycles. The number of aryl methyl sites for hydroxylation is 2. The van der Waals surface area contributed by atoms with Gasteiger partial charge in [0, 0.05) is 12.4 Å². The lowest BCUT2D eigenvalue weighted by Gasteiger charge is -2.10. The van der Waals surface area contributed by atoms with Crippen LogP contribution in [0, 0.1) is 13.8 Å². The van der Waals surface area contributed by atoms with Gasteiger partial charge in [-0.15, -0.1) is 0 Å². The highest BCUT2D eigenvalue weighted by Gasteiger charge is 2.07. The van der Waals surface area contributed by atoms with E-state index in [9.17, 15) is 5.11 Å². The lowest BCUT2D eigenvalue weighted by Crippen LogP contribution is -1.98. The number of aliphatic hydroxyl groups is 1. The van der Waals surface area contributed by atoms with Crippen molar-refractivity contribution in [3.63, 3.8) is 0 Å². The monoisotopic (exact) mass is 151 g/mol. The van der Waals surface area contributed by atoms with Crippen LogP contribution in [0.3, 0.4) is 0 Å². The maximum absolute atomic E-state index is 9.36. The van der Waals surface area contributed by atoms with E-state index in [4.69, 9.17) is 0 Å². The summed E-state index contributed by atoms with van der Waals surface area (Å²) in [6.45, 7) is 5.69. The normalized spacial score (nSPS) is 13.1. The zero-order valence-electron chi connectivity index (χ0n) is 7.13. The largest absolute Gasteiger partial charge is 0.389 e. The number of hydrogen-bond donors (Lipinski definition) is 1. The maximum Gasteiger partial charge on any atom is 0.0768 e. The first-order valence-electron chi connectivity index (χ1n) is 3.72. The van der Waals surface area contributed by atoms with Crippen molar-refractivity contribution in [3.8, 4) is 0 Å². The van der Waals surface area contributed by atoms with Crippen molar-refractivity contribution in [2.75, 3.05) is 0 Å². The molecule has 11 heavy (non-hydrogen) atoms. The van der Waals surface area contributed by atoms with Crippen LogP contribution in [0.2, 0.25) is 0 Å². The van der Waals surface area contributed by atoms with Gasteiger partial charge < -0.3 is 5.11 Å². The summed E-state index contributed by atoms with van der Waals surface area (Å²) in [6, 6.07) is 0. The number of nitrogens with zero attached hydrogens (tertiary/aromatic N) is 1. The quantitative estimate of drug-likeness (QED) is 0.663. The van der Waals surface area contributed by atoms with Crippen molar-refractivity contribution in [1.29, 1.82) is 0 Å². The third kappa shape index (κ3) is 1.57. The molecule has 0 aliphatic carbocycles. The second-order valence-corrected chi connectivity index (χ2v) is 2.86. The first kappa shape index (κ1) is 8.21. The van der Waals surface area contributed by atoms with Crippen LogP contribution in [-0.4, -0.2) is 10.1 Å². The zero-order valence-corrected chi connectivity index (χ0v) is 7.13. The molecule has 0 radical (unpaired) electrons. The Kier molecular flexibility index (Phi) is 2.25. The molecule has 1 unspecified atom stereocenters. The molecular formula is C9H13NO. The lowest BCUT2D eigenvalue weighted by atomic mass is 10.0. The minimum atomic E-state index is -0.391. The Labute approximate surface area is 66.9 Å². The molecule has 0 aliphatic rings. The summed E-state index contributed by atoms with van der Waals surface area (Å²) in [5, 5.41) is 9.36. The summed E-state index contributed by atoms with van der Waals surface area (Å²) in [5.41, 5.74) is 3.11. The van der Waals surface area contributed by atoms with Gasteiger partial charge in [-0.25, -0.2) is 0 Å². The van der Waals surface area contributed by atoms with E-state index in [1.807, 2.05) is 13.8 Å². The van der Waals surface area contributed by atoms with Crippen molar-refractivity contribution >= 4 is 0 Å². The van der Waals surface area contributed by atoms with Crippen LogP contribution in [0.15, 0.2) is 12.4 Å². The van der Waals surface area contributed by atoms with Gasteiger partial charge in [-0.3, -0.25) is 4.98 Å². The Bertz CT molecular complexity index is 235. The summed E-state index contributed by atoms with van der Waals surface area (Å²) < 4.78 is 0. The summed E-state index contributed by atoms with van der Waals surface area (Å²) >= 11 is 0. The highest BCUT2D eigenvalue weighted by Crippen LogP contribution is 2.19. The van der Waals surface area contributed by atoms with Gasteiger partial charge in [-0.1, -0.05) is 0 Å². The number of pyridine rings is 1. The fourth-order valence-electron chi connectivity index (χ4n) is 1.37. The van der Waals surface area contributed by atoms with Crippen LogP contribution < -0.4 is 0 Å². The van der Waals surface area contributed by atoms with Crippen molar-refractivity contribution in [1.82, 2.24) is 4.98 Å². The second kappa shape index (κ2) is 3.01. The first-order chi connectivity index (χ1) is 5.13. The van der Waals surface area contributed by atoms with Crippen molar-refractivity contribution in [3.05, 3.63) is 29.1 Å². The van der Waals surface area contributed by atoms with Gasteiger partial charge in [0.2, 0.25) is 0 Å². The Morgan fingerprint density at radius 1 is 1.27 bits per heavy atom. The van der Waals surface area contributed by atoms with Crippen molar-refractivity contribution in [2.24, 2.45) is 0 Å². The molecule has 1 aromatic rings. The molecule has 2 nitrogen and oxygen atoms in total. The molecule has 0 fully saturated rings. The Balaban J connectivity index is 3.21. The molecule has 2 heteroatoms. The van der Waals surface area contributed by atoms with Gasteiger partial charge >= 0.3 is 0 Å². The smallest absolute Gasteiger partial charge is 0.0768 e. The average molecular weight is 151 g/mol. The molecule has 0 saturated carbocycles. The molecule has 1 rings (SSSR count). The molecule has 0 spiro atoms. The number of rotatable bonds is 1. The number of aliphatic hydroxyl groups excluding tert-OH is 1. The third-order valence-corrected chi connectivity index (χ3v) is 1.80. The van der Waals surface area contributed by atoms with Crippen LogP contribution in [0.5, 0.6) is 0 Å². The summed E-state index contributed by atoms with van der Waals surface area (Å²) in [7, 11) is 0. The van der Waals surface area contributed by atoms with Crippen LogP contribution in [0.4, 0.5) is 0 Å². The number of aromatic nitrogens is 1. The fraction of sp³-hybridized carbons (Fsp3) is 0.444. The van der Waals surface area contributed by atoms with Crippen LogP contribution in [0.1, 0.15) is 29.7 Å². The van der Waals surface area contributed by atoms with Gasteiger partial charge in [0.25, 0.3) is 0 Å². The second-order valence-electron chi connectivity index (χ2n) is 2.86. The highest BCUT2D eigenvalue weighted by molar-refractivity contribution is 5.31. The van der Waals surface area contributed by atoms with E-state index in [0.717, 1.165) is 16.7 Å². The topological polar surface area (TPSA) is 33.1 Å². The van der Waals surface area contributed by atoms with E-state index in [1.165, 1.54) is 0 Å². The molecule has 1 N–H and O–H groups in total. The van der Waals surface area contributed by atoms with Gasteiger partial charge in [-0.05, 0) is 37.5 Å². The summed E-state index contributed by atoms with van der Waals surface area (Å²) in [4.78, 5) is 4.02. The van der Waals surface area contributed by atoms with Crippen LogP contribution in [-0.2, 0) is 0 Å². The van der Waals surface area contributed by atoms with Crippen LogP contribution in [0.25, 0.3) is 0 Å². The first-order valence-corrected chi connectivity index (χ1v) is 3.72. The Morgan fingerprint density at radius 3 is 2.00 bits per heavy atom.